The molecule has 0 aliphatic heterocycles. The summed E-state index contributed by atoms with van der Waals surface area (Å²) in [6.07, 6.45) is -5.11. The van der Waals surface area contributed by atoms with Crippen molar-refractivity contribution in [3.8, 4) is 0 Å². The fourth-order valence-electron chi connectivity index (χ4n) is 1.07. The molecule has 4 N–H and O–H groups in total. The maximum Gasteiger partial charge on any atom is 0.472 e. The number of primary amides is 1. The molecule has 0 bridgehead atoms. The Balaban J connectivity index is 2.72. The van der Waals surface area contributed by atoms with Crippen molar-refractivity contribution in [1.29, 1.82) is 0 Å². The lowest BCUT2D eigenvalue weighted by Crippen LogP contribution is -2.47. The van der Waals surface area contributed by atoms with Crippen molar-refractivity contribution in [3.05, 3.63) is 35.4 Å². The average molecular weight is 275 g/mol. The molecule has 3 amide bonds. The van der Waals surface area contributed by atoms with Crippen LogP contribution >= 0.6 is 0 Å². The Kier molecular flexibility index (Phi) is 4.10. The Morgan fingerprint density at radius 2 is 1.63 bits per heavy atom. The van der Waals surface area contributed by atoms with E-state index in [-0.39, 0.29) is 11.1 Å². The van der Waals surface area contributed by atoms with Crippen molar-refractivity contribution >= 4 is 17.7 Å². The second kappa shape index (κ2) is 5.38. The summed E-state index contributed by atoms with van der Waals surface area (Å²) in [5.74, 6) is -4.12. The molecule has 0 fully saturated rings. The third-order valence-electron chi connectivity index (χ3n) is 1.96. The first-order valence-corrected chi connectivity index (χ1v) is 4.79. The number of alkyl halides is 3. The zero-order chi connectivity index (χ0) is 14.6. The lowest BCUT2D eigenvalue weighted by atomic mass is 10.1. The molecule has 0 saturated carbocycles. The lowest BCUT2D eigenvalue weighted by Gasteiger charge is -2.09. The summed E-state index contributed by atoms with van der Waals surface area (Å²) in [6.45, 7) is 0. The quantitative estimate of drug-likeness (QED) is 0.667. The van der Waals surface area contributed by atoms with Gasteiger partial charge in [-0.15, -0.1) is 0 Å². The molecule has 0 atom stereocenters. The molecular formula is C10H8F3N3O3. The topological polar surface area (TPSA) is 101 Å². The number of hydrazine groups is 1. The Morgan fingerprint density at radius 1 is 1.05 bits per heavy atom. The lowest BCUT2D eigenvalue weighted by molar-refractivity contribution is -0.174. The van der Waals surface area contributed by atoms with E-state index in [4.69, 9.17) is 5.73 Å². The van der Waals surface area contributed by atoms with Gasteiger partial charge in [-0.2, -0.15) is 13.2 Å². The number of carbonyl (C=O) groups excluding carboxylic acids is 3. The molecule has 1 aromatic carbocycles. The van der Waals surface area contributed by atoms with Crippen LogP contribution in [0.2, 0.25) is 0 Å². The second-order valence-electron chi connectivity index (χ2n) is 3.35. The van der Waals surface area contributed by atoms with Gasteiger partial charge in [-0.3, -0.25) is 25.2 Å². The zero-order valence-corrected chi connectivity index (χ0v) is 9.25. The van der Waals surface area contributed by atoms with Crippen molar-refractivity contribution in [2.45, 2.75) is 6.18 Å². The number of halogens is 3. The highest BCUT2D eigenvalue weighted by molar-refractivity contribution is 5.99. The van der Waals surface area contributed by atoms with Crippen LogP contribution in [0.3, 0.4) is 0 Å². The van der Waals surface area contributed by atoms with Gasteiger partial charge in [-0.1, -0.05) is 6.07 Å². The molecule has 6 nitrogen and oxygen atoms in total. The van der Waals surface area contributed by atoms with Gasteiger partial charge in [-0.05, 0) is 18.2 Å². The fraction of sp³-hybridized carbons (Fsp3) is 0.100. The van der Waals surface area contributed by atoms with Gasteiger partial charge in [0.05, 0.1) is 0 Å². The van der Waals surface area contributed by atoms with Gasteiger partial charge in [-0.25, -0.2) is 0 Å². The van der Waals surface area contributed by atoms with E-state index in [1.165, 1.54) is 23.6 Å². The van der Waals surface area contributed by atoms with Gasteiger partial charge < -0.3 is 5.73 Å². The summed E-state index contributed by atoms with van der Waals surface area (Å²) < 4.78 is 35.5. The molecular weight excluding hydrogens is 267 g/mol. The van der Waals surface area contributed by atoms with Crippen molar-refractivity contribution in [1.82, 2.24) is 10.9 Å². The van der Waals surface area contributed by atoms with Crippen LogP contribution in [0.1, 0.15) is 20.7 Å². The predicted molar refractivity (Wildman–Crippen MR) is 56.6 cm³/mol. The average Bonchev–Trinajstić information content (AvgIpc) is 2.34. The largest absolute Gasteiger partial charge is 0.472 e. The van der Waals surface area contributed by atoms with Crippen molar-refractivity contribution < 1.29 is 27.6 Å². The van der Waals surface area contributed by atoms with Gasteiger partial charge in [0.25, 0.3) is 5.91 Å². The van der Waals surface area contributed by atoms with Crippen LogP contribution in [0, 0.1) is 0 Å². The van der Waals surface area contributed by atoms with Crippen LogP contribution in [-0.2, 0) is 4.79 Å². The van der Waals surface area contributed by atoms with Gasteiger partial charge in [0.1, 0.15) is 0 Å². The number of hydrogen-bond donors (Lipinski definition) is 3. The highest BCUT2D eigenvalue weighted by Gasteiger charge is 2.38. The minimum Gasteiger partial charge on any atom is -0.366 e. The van der Waals surface area contributed by atoms with Crippen molar-refractivity contribution in [3.63, 3.8) is 0 Å². The molecule has 0 aliphatic rings. The standard InChI is InChI=1S/C10H8F3N3O3/c11-10(12,13)9(19)16-15-8(18)6-3-1-2-5(4-6)7(14)17/h1-4H,(H2,14,17)(H,15,18)(H,16,19). The molecule has 1 aromatic rings. The minimum absolute atomic E-state index is 0.00907. The van der Waals surface area contributed by atoms with E-state index >= 15 is 0 Å². The smallest absolute Gasteiger partial charge is 0.366 e. The number of hydrogen-bond acceptors (Lipinski definition) is 3. The second-order valence-corrected chi connectivity index (χ2v) is 3.35. The monoisotopic (exact) mass is 275 g/mol. The number of rotatable bonds is 2. The maximum atomic E-state index is 11.8. The number of carbonyl (C=O) groups is 3. The molecule has 102 valence electrons. The van der Waals surface area contributed by atoms with Crippen molar-refractivity contribution in [2.75, 3.05) is 0 Å². The van der Waals surface area contributed by atoms with E-state index in [0.717, 1.165) is 6.07 Å². The first-order chi connectivity index (χ1) is 8.71. The van der Waals surface area contributed by atoms with Gasteiger partial charge in [0.2, 0.25) is 5.91 Å². The van der Waals surface area contributed by atoms with E-state index in [0.29, 0.717) is 0 Å². The summed E-state index contributed by atoms with van der Waals surface area (Å²) in [4.78, 5) is 32.7. The van der Waals surface area contributed by atoms with Crippen LogP contribution in [0.25, 0.3) is 0 Å². The molecule has 0 aliphatic carbocycles. The summed E-state index contributed by atoms with van der Waals surface area (Å²) in [5, 5.41) is 0. The van der Waals surface area contributed by atoms with Crippen LogP contribution in [0.5, 0.6) is 0 Å². The maximum absolute atomic E-state index is 11.8. The first-order valence-electron chi connectivity index (χ1n) is 4.79. The van der Waals surface area contributed by atoms with E-state index in [1.807, 2.05) is 0 Å². The van der Waals surface area contributed by atoms with Gasteiger partial charge >= 0.3 is 12.1 Å². The minimum atomic E-state index is -5.11. The molecule has 9 heteroatoms. The fourth-order valence-corrected chi connectivity index (χ4v) is 1.07. The van der Waals surface area contributed by atoms with E-state index in [1.54, 1.807) is 5.43 Å². The summed E-state index contributed by atoms with van der Waals surface area (Å²) in [7, 11) is 0. The Hall–Kier alpha value is -2.58. The van der Waals surface area contributed by atoms with E-state index in [2.05, 4.69) is 0 Å². The summed E-state index contributed by atoms with van der Waals surface area (Å²) in [6, 6.07) is 4.97. The number of nitrogens with two attached hydrogens (primary N) is 1. The summed E-state index contributed by atoms with van der Waals surface area (Å²) in [5.41, 5.74) is 7.61. The highest BCUT2D eigenvalue weighted by atomic mass is 19.4. The summed E-state index contributed by atoms with van der Waals surface area (Å²) >= 11 is 0. The van der Waals surface area contributed by atoms with Gasteiger partial charge in [0.15, 0.2) is 0 Å². The Labute approximate surface area is 104 Å². The van der Waals surface area contributed by atoms with Crippen molar-refractivity contribution in [2.24, 2.45) is 5.73 Å². The Morgan fingerprint density at radius 3 is 2.16 bits per heavy atom. The molecule has 19 heavy (non-hydrogen) atoms. The molecule has 0 heterocycles. The zero-order valence-electron chi connectivity index (χ0n) is 9.25. The molecule has 0 radical (unpaired) electrons. The third-order valence-corrected chi connectivity index (χ3v) is 1.96. The van der Waals surface area contributed by atoms with Crippen LogP contribution in [0.15, 0.2) is 24.3 Å². The number of nitrogens with one attached hydrogen (secondary N) is 2. The highest BCUT2D eigenvalue weighted by Crippen LogP contribution is 2.13. The number of amides is 3. The normalized spacial score (nSPS) is 10.7. The predicted octanol–water partition coefficient (Wildman–Crippen LogP) is 0.109. The first kappa shape index (κ1) is 14.5. The molecule has 0 aromatic heterocycles. The third kappa shape index (κ3) is 3.98. The SMILES string of the molecule is NC(=O)c1cccc(C(=O)NNC(=O)C(F)(F)F)c1. The van der Waals surface area contributed by atoms with Crippen LogP contribution in [0.4, 0.5) is 13.2 Å². The molecule has 1 rings (SSSR count). The van der Waals surface area contributed by atoms with Gasteiger partial charge in [0, 0.05) is 11.1 Å². The molecule has 0 saturated heterocycles. The molecule has 0 spiro atoms. The number of benzene rings is 1. The Bertz CT molecular complexity index is 528. The van der Waals surface area contributed by atoms with Crippen LogP contribution in [-0.4, -0.2) is 23.9 Å². The van der Waals surface area contributed by atoms with E-state index < -0.39 is 23.9 Å². The van der Waals surface area contributed by atoms with Crippen LogP contribution < -0.4 is 16.6 Å². The van der Waals surface area contributed by atoms with E-state index in [9.17, 15) is 27.6 Å². The molecule has 0 unspecified atom stereocenters.